The van der Waals surface area contributed by atoms with Crippen molar-refractivity contribution in [1.82, 2.24) is 4.72 Å². The molecule has 0 aliphatic carbocycles. The van der Waals surface area contributed by atoms with E-state index in [9.17, 15) is 8.42 Å². The van der Waals surface area contributed by atoms with Crippen LogP contribution in [0, 0.1) is 20.8 Å². The highest BCUT2D eigenvalue weighted by atomic mass is 32.2. The molecule has 0 bridgehead atoms. The van der Waals surface area contributed by atoms with E-state index in [1.807, 2.05) is 19.1 Å². The average molecular weight is 301 g/mol. The Hall–Kier alpha value is -0.950. The number of ether oxygens (including phenoxy) is 1. The lowest BCUT2D eigenvalue weighted by Gasteiger charge is -2.13. The van der Waals surface area contributed by atoms with E-state index in [0.717, 1.165) is 16.7 Å². The smallest absolute Gasteiger partial charge is 0.241 e. The van der Waals surface area contributed by atoms with Crippen LogP contribution in [0.5, 0.6) is 0 Å². The second kappa shape index (κ2) is 7.73. The minimum absolute atomic E-state index is 0.0204. The van der Waals surface area contributed by atoms with E-state index in [-0.39, 0.29) is 13.2 Å². The molecule has 5 nitrogen and oxygen atoms in total. The fraction of sp³-hybridized carbons (Fsp3) is 0.571. The largest absolute Gasteiger partial charge is 0.394 e. The number of sulfonamides is 1. The van der Waals surface area contributed by atoms with Gasteiger partial charge in [0.1, 0.15) is 0 Å². The van der Waals surface area contributed by atoms with Gasteiger partial charge in [-0.05, 0) is 38.3 Å². The molecule has 0 saturated carbocycles. The summed E-state index contributed by atoms with van der Waals surface area (Å²) >= 11 is 0. The van der Waals surface area contributed by atoms with E-state index >= 15 is 0 Å². The lowest BCUT2D eigenvalue weighted by Crippen LogP contribution is -2.27. The van der Waals surface area contributed by atoms with E-state index in [4.69, 9.17) is 9.84 Å². The number of aryl methyl sites for hydroxylation is 3. The number of hydrogen-bond donors (Lipinski definition) is 2. The fourth-order valence-corrected chi connectivity index (χ4v) is 3.73. The molecule has 0 aliphatic heterocycles. The Bertz CT molecular complexity index is 517. The summed E-state index contributed by atoms with van der Waals surface area (Å²) in [7, 11) is -3.49. The first-order chi connectivity index (χ1) is 9.38. The average Bonchev–Trinajstić information content (AvgIpc) is 2.31. The fourth-order valence-electron chi connectivity index (χ4n) is 2.21. The van der Waals surface area contributed by atoms with E-state index in [1.54, 1.807) is 13.8 Å². The van der Waals surface area contributed by atoms with Crippen LogP contribution in [0.15, 0.2) is 17.0 Å². The Morgan fingerprint density at radius 3 is 2.30 bits per heavy atom. The maximum absolute atomic E-state index is 12.3. The molecule has 0 amide bonds. The summed E-state index contributed by atoms with van der Waals surface area (Å²) in [5.41, 5.74) is 2.56. The van der Waals surface area contributed by atoms with Crippen molar-refractivity contribution in [3.8, 4) is 0 Å². The van der Waals surface area contributed by atoms with Gasteiger partial charge in [0.25, 0.3) is 0 Å². The van der Waals surface area contributed by atoms with Gasteiger partial charge in [-0.15, -0.1) is 0 Å². The van der Waals surface area contributed by atoms with Crippen LogP contribution < -0.4 is 4.72 Å². The quantitative estimate of drug-likeness (QED) is 0.709. The molecule has 0 unspecified atom stereocenters. The molecule has 0 heterocycles. The number of rotatable bonds is 8. The van der Waals surface area contributed by atoms with Crippen molar-refractivity contribution in [2.24, 2.45) is 0 Å². The topological polar surface area (TPSA) is 75.6 Å². The number of hydrogen-bond acceptors (Lipinski definition) is 4. The van der Waals surface area contributed by atoms with Crippen LogP contribution in [0.4, 0.5) is 0 Å². The van der Waals surface area contributed by atoms with Gasteiger partial charge in [0.05, 0.1) is 18.1 Å². The van der Waals surface area contributed by atoms with Gasteiger partial charge < -0.3 is 9.84 Å². The number of benzene rings is 1. The van der Waals surface area contributed by atoms with Crippen molar-refractivity contribution in [2.45, 2.75) is 32.1 Å². The molecule has 0 fully saturated rings. The lowest BCUT2D eigenvalue weighted by atomic mass is 10.1. The first-order valence-electron chi connectivity index (χ1n) is 6.64. The van der Waals surface area contributed by atoms with Crippen molar-refractivity contribution < 1.29 is 18.3 Å². The summed E-state index contributed by atoms with van der Waals surface area (Å²) < 4.78 is 32.2. The first kappa shape index (κ1) is 17.1. The van der Waals surface area contributed by atoms with Crippen LogP contribution in [0.3, 0.4) is 0 Å². The van der Waals surface area contributed by atoms with Crippen molar-refractivity contribution in [1.29, 1.82) is 0 Å². The number of aliphatic hydroxyl groups is 1. The third kappa shape index (κ3) is 4.86. The predicted molar refractivity (Wildman–Crippen MR) is 78.4 cm³/mol. The molecule has 0 radical (unpaired) electrons. The molecule has 20 heavy (non-hydrogen) atoms. The molecule has 1 aromatic carbocycles. The van der Waals surface area contributed by atoms with Crippen LogP contribution >= 0.6 is 0 Å². The second-order valence-corrected chi connectivity index (χ2v) is 6.52. The van der Waals surface area contributed by atoms with E-state index in [2.05, 4.69) is 4.72 Å². The molecule has 2 N–H and O–H groups in total. The van der Waals surface area contributed by atoms with Gasteiger partial charge in [-0.25, -0.2) is 13.1 Å². The maximum atomic E-state index is 12.3. The zero-order chi connectivity index (χ0) is 15.2. The van der Waals surface area contributed by atoms with Crippen molar-refractivity contribution in [3.63, 3.8) is 0 Å². The Balaban J connectivity index is 2.66. The Labute approximate surface area is 121 Å². The zero-order valence-corrected chi connectivity index (χ0v) is 13.1. The van der Waals surface area contributed by atoms with E-state index < -0.39 is 10.0 Å². The van der Waals surface area contributed by atoms with Crippen molar-refractivity contribution >= 4 is 10.0 Å². The summed E-state index contributed by atoms with van der Waals surface area (Å²) in [4.78, 5) is 0.361. The molecule has 6 heteroatoms. The predicted octanol–water partition coefficient (Wildman–Crippen LogP) is 1.29. The second-order valence-electron chi connectivity index (χ2n) is 4.82. The Kier molecular flexibility index (Phi) is 6.61. The van der Waals surface area contributed by atoms with E-state index in [0.29, 0.717) is 24.5 Å². The van der Waals surface area contributed by atoms with Crippen LogP contribution in [0.25, 0.3) is 0 Å². The standard InChI is InChI=1S/C14H23NO4S/c1-11-9-12(2)14(13(3)10-11)20(17,18)15-5-4-7-19-8-6-16/h9-10,15-16H,4-8H2,1-3H3. The molecule has 1 aromatic rings. The first-order valence-corrected chi connectivity index (χ1v) is 8.13. The van der Waals surface area contributed by atoms with Crippen molar-refractivity contribution in [2.75, 3.05) is 26.4 Å². The minimum atomic E-state index is -3.49. The van der Waals surface area contributed by atoms with E-state index in [1.165, 1.54) is 0 Å². The summed E-state index contributed by atoms with van der Waals surface area (Å²) in [5, 5.41) is 8.55. The van der Waals surface area contributed by atoms with Gasteiger partial charge in [0.15, 0.2) is 0 Å². The maximum Gasteiger partial charge on any atom is 0.241 e. The Morgan fingerprint density at radius 1 is 1.15 bits per heavy atom. The normalized spacial score (nSPS) is 11.8. The molecule has 0 saturated heterocycles. The molecule has 0 aromatic heterocycles. The SMILES string of the molecule is Cc1cc(C)c(S(=O)(=O)NCCCOCCO)c(C)c1. The van der Waals surface area contributed by atoms with Gasteiger partial charge >= 0.3 is 0 Å². The van der Waals surface area contributed by atoms with Crippen LogP contribution in [-0.4, -0.2) is 39.9 Å². The lowest BCUT2D eigenvalue weighted by molar-refractivity contribution is 0.0913. The van der Waals surface area contributed by atoms with Gasteiger partial charge in [-0.2, -0.15) is 0 Å². The molecular formula is C14H23NO4S. The highest BCUT2D eigenvalue weighted by Crippen LogP contribution is 2.21. The highest BCUT2D eigenvalue weighted by molar-refractivity contribution is 7.89. The highest BCUT2D eigenvalue weighted by Gasteiger charge is 2.19. The number of aliphatic hydroxyl groups excluding tert-OH is 1. The third-order valence-electron chi connectivity index (χ3n) is 2.87. The molecule has 1 rings (SSSR count). The van der Waals surface area contributed by atoms with Gasteiger partial charge in [-0.1, -0.05) is 17.7 Å². The molecule has 0 atom stereocenters. The molecule has 0 spiro atoms. The number of nitrogens with one attached hydrogen (secondary N) is 1. The van der Waals surface area contributed by atoms with Crippen LogP contribution in [0.2, 0.25) is 0 Å². The molecular weight excluding hydrogens is 278 g/mol. The summed E-state index contributed by atoms with van der Waals surface area (Å²) in [6.07, 6.45) is 0.573. The van der Waals surface area contributed by atoms with Crippen LogP contribution in [0.1, 0.15) is 23.1 Å². The third-order valence-corrected chi connectivity index (χ3v) is 4.63. The summed E-state index contributed by atoms with van der Waals surface area (Å²) in [6.45, 7) is 6.56. The van der Waals surface area contributed by atoms with Gasteiger partial charge in [0.2, 0.25) is 10.0 Å². The van der Waals surface area contributed by atoms with Gasteiger partial charge in [-0.3, -0.25) is 0 Å². The monoisotopic (exact) mass is 301 g/mol. The van der Waals surface area contributed by atoms with Gasteiger partial charge in [0, 0.05) is 13.2 Å². The van der Waals surface area contributed by atoms with Crippen molar-refractivity contribution in [3.05, 3.63) is 28.8 Å². The molecule has 114 valence electrons. The van der Waals surface area contributed by atoms with Crippen LogP contribution in [-0.2, 0) is 14.8 Å². The summed E-state index contributed by atoms with van der Waals surface area (Å²) in [5.74, 6) is 0. The molecule has 0 aliphatic rings. The minimum Gasteiger partial charge on any atom is -0.394 e. The zero-order valence-electron chi connectivity index (χ0n) is 12.3. The summed E-state index contributed by atoms with van der Waals surface area (Å²) in [6, 6.07) is 3.73. The Morgan fingerprint density at radius 2 is 1.75 bits per heavy atom.